The number of aryl methyl sites for hydroxylation is 1. The fourth-order valence-electron chi connectivity index (χ4n) is 5.15. The number of hydrogen-bond acceptors (Lipinski definition) is 4. The molecular formula is C22H38N4O2. The highest BCUT2D eigenvalue weighted by Gasteiger charge is 2.36. The third kappa shape index (κ3) is 4.44. The lowest BCUT2D eigenvalue weighted by Crippen LogP contribution is -2.57. The van der Waals surface area contributed by atoms with Gasteiger partial charge in [0.25, 0.3) is 5.91 Å². The van der Waals surface area contributed by atoms with Gasteiger partial charge in [-0.1, -0.05) is 0 Å². The zero-order valence-corrected chi connectivity index (χ0v) is 18.2. The molecule has 0 radical (unpaired) electrons. The number of carbonyl (C=O) groups is 1. The van der Waals surface area contributed by atoms with E-state index in [9.17, 15) is 9.90 Å². The third-order valence-electron chi connectivity index (χ3n) is 6.84. The van der Waals surface area contributed by atoms with Gasteiger partial charge in [0.1, 0.15) is 0 Å². The molecule has 2 fully saturated rings. The molecule has 6 heteroatoms. The quantitative estimate of drug-likeness (QED) is 0.807. The number of piperidine rings is 1. The van der Waals surface area contributed by atoms with E-state index >= 15 is 0 Å². The summed E-state index contributed by atoms with van der Waals surface area (Å²) >= 11 is 0. The van der Waals surface area contributed by atoms with Gasteiger partial charge in [-0.15, -0.1) is 0 Å². The molecule has 28 heavy (non-hydrogen) atoms. The summed E-state index contributed by atoms with van der Waals surface area (Å²) < 4.78 is 2.22. The van der Waals surface area contributed by atoms with Gasteiger partial charge in [0, 0.05) is 69.8 Å². The molecule has 0 unspecified atom stereocenters. The first kappa shape index (κ1) is 21.3. The molecule has 3 rings (SSSR count). The van der Waals surface area contributed by atoms with Crippen LogP contribution in [0.5, 0.6) is 0 Å². The Hall–Kier alpha value is -1.37. The number of amides is 1. The molecule has 2 aliphatic heterocycles. The Kier molecular flexibility index (Phi) is 7.18. The number of likely N-dealkylation sites (tertiary alicyclic amines) is 1. The van der Waals surface area contributed by atoms with Gasteiger partial charge in [0.2, 0.25) is 0 Å². The second kappa shape index (κ2) is 9.42. The van der Waals surface area contributed by atoms with Gasteiger partial charge in [-0.3, -0.25) is 9.69 Å². The lowest BCUT2D eigenvalue weighted by atomic mass is 9.86. The molecule has 158 valence electrons. The molecule has 2 atom stereocenters. The Balaban J connectivity index is 1.72. The predicted molar refractivity (Wildman–Crippen MR) is 113 cm³/mol. The smallest absolute Gasteiger partial charge is 0.255 e. The summed E-state index contributed by atoms with van der Waals surface area (Å²) in [4.78, 5) is 20.4. The molecule has 3 heterocycles. The third-order valence-corrected chi connectivity index (χ3v) is 6.84. The Labute approximate surface area is 170 Å². The molecule has 0 saturated carbocycles. The maximum atomic E-state index is 13.3. The number of hydrogen-bond donors (Lipinski definition) is 1. The summed E-state index contributed by atoms with van der Waals surface area (Å²) in [7, 11) is 2.19. The molecule has 0 aromatic carbocycles. The van der Waals surface area contributed by atoms with Crippen molar-refractivity contribution in [1.82, 2.24) is 19.3 Å². The maximum Gasteiger partial charge on any atom is 0.255 e. The molecule has 0 spiro atoms. The predicted octanol–water partition coefficient (Wildman–Crippen LogP) is 1.98. The highest BCUT2D eigenvalue weighted by Crippen LogP contribution is 2.29. The van der Waals surface area contributed by atoms with Crippen molar-refractivity contribution in [2.75, 3.05) is 52.9 Å². The van der Waals surface area contributed by atoms with Crippen LogP contribution < -0.4 is 0 Å². The molecule has 0 bridgehead atoms. The van der Waals surface area contributed by atoms with E-state index in [4.69, 9.17) is 0 Å². The Bertz CT molecular complexity index is 664. The number of carbonyl (C=O) groups excluding carboxylic acids is 1. The van der Waals surface area contributed by atoms with Crippen LogP contribution in [0.15, 0.2) is 6.07 Å². The van der Waals surface area contributed by atoms with E-state index in [1.165, 1.54) is 0 Å². The van der Waals surface area contributed by atoms with Crippen LogP contribution in [0.2, 0.25) is 0 Å². The first-order valence-electron chi connectivity index (χ1n) is 11.0. The maximum absolute atomic E-state index is 13.3. The van der Waals surface area contributed by atoms with Crippen molar-refractivity contribution < 1.29 is 9.90 Å². The number of rotatable bonds is 6. The molecule has 6 nitrogen and oxygen atoms in total. The van der Waals surface area contributed by atoms with Crippen LogP contribution in [0.4, 0.5) is 0 Å². The minimum Gasteiger partial charge on any atom is -0.396 e. The number of nitrogens with zero attached hydrogens (tertiary/aromatic N) is 4. The minimum absolute atomic E-state index is 0.179. The highest BCUT2D eigenvalue weighted by atomic mass is 16.3. The largest absolute Gasteiger partial charge is 0.396 e. The van der Waals surface area contributed by atoms with Gasteiger partial charge >= 0.3 is 0 Å². The molecule has 1 aromatic heterocycles. The Morgan fingerprint density at radius 2 is 1.89 bits per heavy atom. The van der Waals surface area contributed by atoms with E-state index in [1.54, 1.807) is 0 Å². The standard InChI is InChI=1S/C22H38N4O2/c1-5-26-17(2)15-20(18(26)3)22(28)25-9-8-21(19(16-25)7-6-14-27)24-12-10-23(4)11-13-24/h15,19,21,27H,5-14,16H2,1-4H3/t19-,21+/m0/s1. The van der Waals surface area contributed by atoms with Gasteiger partial charge in [0.15, 0.2) is 0 Å². The van der Waals surface area contributed by atoms with Gasteiger partial charge in [-0.25, -0.2) is 0 Å². The van der Waals surface area contributed by atoms with Crippen LogP contribution in [-0.4, -0.2) is 89.2 Å². The van der Waals surface area contributed by atoms with E-state index in [0.29, 0.717) is 12.0 Å². The van der Waals surface area contributed by atoms with Gasteiger partial charge in [0.05, 0.1) is 5.56 Å². The van der Waals surface area contributed by atoms with Crippen molar-refractivity contribution in [3.63, 3.8) is 0 Å². The fraction of sp³-hybridized carbons (Fsp3) is 0.773. The Morgan fingerprint density at radius 3 is 2.50 bits per heavy atom. The normalized spacial score (nSPS) is 24.7. The zero-order chi connectivity index (χ0) is 20.3. The lowest BCUT2D eigenvalue weighted by Gasteiger charge is -2.46. The van der Waals surface area contributed by atoms with E-state index in [2.05, 4.69) is 53.2 Å². The van der Waals surface area contributed by atoms with E-state index in [-0.39, 0.29) is 12.5 Å². The second-order valence-electron chi connectivity index (χ2n) is 8.60. The highest BCUT2D eigenvalue weighted by molar-refractivity contribution is 5.95. The van der Waals surface area contributed by atoms with Gasteiger partial charge < -0.3 is 19.5 Å². The topological polar surface area (TPSA) is 52.0 Å². The summed E-state index contributed by atoms with van der Waals surface area (Å²) in [6.45, 7) is 13.5. The minimum atomic E-state index is 0.179. The monoisotopic (exact) mass is 390 g/mol. The second-order valence-corrected chi connectivity index (χ2v) is 8.60. The molecule has 2 saturated heterocycles. The van der Waals surface area contributed by atoms with Crippen molar-refractivity contribution in [2.45, 2.75) is 52.6 Å². The number of aliphatic hydroxyl groups is 1. The SMILES string of the molecule is CCn1c(C)cc(C(=O)N2CC[C@@H](N3CCN(C)CC3)[C@@H](CCCO)C2)c1C. The lowest BCUT2D eigenvalue weighted by molar-refractivity contribution is 0.0217. The molecule has 0 aliphatic carbocycles. The summed E-state index contributed by atoms with van der Waals surface area (Å²) in [5.74, 6) is 0.626. The summed E-state index contributed by atoms with van der Waals surface area (Å²) in [5.41, 5.74) is 3.10. The Morgan fingerprint density at radius 1 is 1.18 bits per heavy atom. The first-order chi connectivity index (χ1) is 13.5. The van der Waals surface area contributed by atoms with Crippen LogP contribution in [0.25, 0.3) is 0 Å². The van der Waals surface area contributed by atoms with Crippen LogP contribution >= 0.6 is 0 Å². The number of aromatic nitrogens is 1. The van der Waals surface area contributed by atoms with Crippen molar-refractivity contribution in [3.05, 3.63) is 23.0 Å². The van der Waals surface area contributed by atoms with Crippen LogP contribution in [0.3, 0.4) is 0 Å². The number of likely N-dealkylation sites (N-methyl/N-ethyl adjacent to an activating group) is 1. The van der Waals surface area contributed by atoms with E-state index < -0.39 is 0 Å². The van der Waals surface area contributed by atoms with E-state index in [0.717, 1.165) is 82.0 Å². The summed E-state index contributed by atoms with van der Waals surface area (Å²) in [5, 5.41) is 9.37. The molecule has 1 aromatic rings. The number of piperazine rings is 1. The van der Waals surface area contributed by atoms with Crippen LogP contribution in [0, 0.1) is 19.8 Å². The average molecular weight is 391 g/mol. The van der Waals surface area contributed by atoms with Gasteiger partial charge in [-0.05, 0) is 59.1 Å². The molecule has 2 aliphatic rings. The zero-order valence-electron chi connectivity index (χ0n) is 18.2. The fourth-order valence-corrected chi connectivity index (χ4v) is 5.15. The van der Waals surface area contributed by atoms with E-state index in [1.807, 2.05) is 0 Å². The average Bonchev–Trinajstić information content (AvgIpc) is 2.99. The van der Waals surface area contributed by atoms with Gasteiger partial charge in [-0.2, -0.15) is 0 Å². The van der Waals surface area contributed by atoms with Crippen molar-refractivity contribution in [2.24, 2.45) is 5.92 Å². The van der Waals surface area contributed by atoms with Crippen LogP contribution in [-0.2, 0) is 6.54 Å². The molecule has 1 amide bonds. The number of aliphatic hydroxyl groups excluding tert-OH is 1. The summed E-state index contributed by atoms with van der Waals surface area (Å²) in [6.07, 6.45) is 2.85. The van der Waals surface area contributed by atoms with Crippen molar-refractivity contribution in [3.8, 4) is 0 Å². The molecular weight excluding hydrogens is 352 g/mol. The molecule has 1 N–H and O–H groups in total. The van der Waals surface area contributed by atoms with Crippen molar-refractivity contribution in [1.29, 1.82) is 0 Å². The first-order valence-corrected chi connectivity index (χ1v) is 11.0. The van der Waals surface area contributed by atoms with Crippen molar-refractivity contribution >= 4 is 5.91 Å². The summed E-state index contributed by atoms with van der Waals surface area (Å²) in [6, 6.07) is 2.59. The van der Waals surface area contributed by atoms with Crippen LogP contribution in [0.1, 0.15) is 47.9 Å².